The molecule has 3 rings (SSSR count). The van der Waals surface area contributed by atoms with Crippen molar-refractivity contribution in [2.45, 2.75) is 19.8 Å². The van der Waals surface area contributed by atoms with E-state index in [1.54, 1.807) is 6.20 Å². The van der Waals surface area contributed by atoms with Gasteiger partial charge in [0.1, 0.15) is 0 Å². The van der Waals surface area contributed by atoms with Crippen molar-refractivity contribution in [3.63, 3.8) is 0 Å². The van der Waals surface area contributed by atoms with Gasteiger partial charge in [-0.1, -0.05) is 36.4 Å². The topological polar surface area (TPSA) is 37.4 Å². The fourth-order valence-corrected chi connectivity index (χ4v) is 2.62. The Morgan fingerprint density at radius 1 is 1.00 bits per heavy atom. The molecule has 2 amide bonds. The van der Waals surface area contributed by atoms with E-state index in [1.807, 2.05) is 24.3 Å². The van der Waals surface area contributed by atoms with Crippen LogP contribution in [-0.4, -0.2) is 16.7 Å². The molecule has 0 aromatic heterocycles. The van der Waals surface area contributed by atoms with Crippen molar-refractivity contribution in [3.8, 4) is 0 Å². The lowest BCUT2D eigenvalue weighted by Gasteiger charge is -2.09. The minimum Gasteiger partial charge on any atom is -0.274 e. The standard InChI is InChI=1S/C17H15NO2/c1-12-4-2-5-13-6-3-7-14(17(12)13)10-11-18-15(19)8-9-16(18)20/h2-7,10-11H,8-9H2,1H3/b11-10+. The van der Waals surface area contributed by atoms with Crippen molar-refractivity contribution in [2.24, 2.45) is 0 Å². The van der Waals surface area contributed by atoms with E-state index >= 15 is 0 Å². The molecule has 2 aromatic carbocycles. The van der Waals surface area contributed by atoms with Crippen molar-refractivity contribution in [3.05, 3.63) is 53.7 Å². The lowest BCUT2D eigenvalue weighted by atomic mass is 10.00. The number of carbonyl (C=O) groups excluding carboxylic acids is 2. The first kappa shape index (κ1) is 12.6. The highest BCUT2D eigenvalue weighted by molar-refractivity contribution is 6.03. The first-order valence-electron chi connectivity index (χ1n) is 6.68. The summed E-state index contributed by atoms with van der Waals surface area (Å²) in [6.45, 7) is 2.06. The maximum Gasteiger partial charge on any atom is 0.233 e. The maximum absolute atomic E-state index is 11.6. The van der Waals surface area contributed by atoms with E-state index in [1.165, 1.54) is 10.5 Å². The molecule has 0 spiro atoms. The van der Waals surface area contributed by atoms with E-state index in [2.05, 4.69) is 25.1 Å². The normalized spacial score (nSPS) is 15.8. The average molecular weight is 265 g/mol. The van der Waals surface area contributed by atoms with Gasteiger partial charge in [0.05, 0.1) is 0 Å². The lowest BCUT2D eigenvalue weighted by molar-refractivity contribution is -0.135. The number of hydrogen-bond donors (Lipinski definition) is 0. The molecule has 0 atom stereocenters. The molecule has 3 nitrogen and oxygen atoms in total. The van der Waals surface area contributed by atoms with Crippen LogP contribution in [0.1, 0.15) is 24.0 Å². The number of imide groups is 1. The zero-order valence-corrected chi connectivity index (χ0v) is 11.3. The molecule has 1 aliphatic heterocycles. The van der Waals surface area contributed by atoms with Crippen LogP contribution in [0.2, 0.25) is 0 Å². The minimum atomic E-state index is -0.122. The van der Waals surface area contributed by atoms with Gasteiger partial charge in [-0.2, -0.15) is 0 Å². The Balaban J connectivity index is 2.03. The molecule has 0 bridgehead atoms. The van der Waals surface area contributed by atoms with Gasteiger partial charge in [-0.15, -0.1) is 0 Å². The minimum absolute atomic E-state index is 0.122. The van der Waals surface area contributed by atoms with Crippen LogP contribution in [0.15, 0.2) is 42.6 Å². The molecular weight excluding hydrogens is 250 g/mol. The zero-order chi connectivity index (χ0) is 14.1. The zero-order valence-electron chi connectivity index (χ0n) is 11.3. The summed E-state index contributed by atoms with van der Waals surface area (Å²) in [6, 6.07) is 12.2. The van der Waals surface area contributed by atoms with Crippen LogP contribution >= 0.6 is 0 Å². The summed E-state index contributed by atoms with van der Waals surface area (Å²) >= 11 is 0. The summed E-state index contributed by atoms with van der Waals surface area (Å²) in [4.78, 5) is 24.4. The lowest BCUT2D eigenvalue weighted by Crippen LogP contribution is -2.22. The summed E-state index contributed by atoms with van der Waals surface area (Å²) in [5.41, 5.74) is 2.20. The molecule has 20 heavy (non-hydrogen) atoms. The molecule has 100 valence electrons. The third-order valence-corrected chi connectivity index (χ3v) is 3.64. The number of nitrogens with zero attached hydrogens (tertiary/aromatic N) is 1. The van der Waals surface area contributed by atoms with Gasteiger partial charge in [0.15, 0.2) is 0 Å². The number of fused-ring (bicyclic) bond motifs is 1. The van der Waals surface area contributed by atoms with Gasteiger partial charge in [-0.3, -0.25) is 14.5 Å². The molecule has 0 unspecified atom stereocenters. The molecule has 2 aromatic rings. The molecule has 3 heteroatoms. The Morgan fingerprint density at radius 2 is 1.65 bits per heavy atom. The van der Waals surface area contributed by atoms with Crippen molar-refractivity contribution in [2.75, 3.05) is 0 Å². The van der Waals surface area contributed by atoms with Crippen LogP contribution in [0.5, 0.6) is 0 Å². The Kier molecular flexibility index (Phi) is 3.11. The molecule has 0 saturated carbocycles. The Labute approximate surface area is 117 Å². The van der Waals surface area contributed by atoms with Gasteiger partial charge in [-0.05, 0) is 34.9 Å². The number of carbonyl (C=O) groups is 2. The molecule has 1 aliphatic rings. The van der Waals surface area contributed by atoms with E-state index in [4.69, 9.17) is 0 Å². The molecule has 0 radical (unpaired) electrons. The molecule has 0 aliphatic carbocycles. The number of hydrogen-bond acceptors (Lipinski definition) is 2. The highest BCUT2D eigenvalue weighted by Gasteiger charge is 2.26. The van der Waals surface area contributed by atoms with Gasteiger partial charge in [-0.25, -0.2) is 0 Å². The summed E-state index contributed by atoms with van der Waals surface area (Å²) in [5, 5.41) is 2.32. The number of benzene rings is 2. The number of rotatable bonds is 2. The fraction of sp³-hybridized carbons (Fsp3) is 0.176. The molecule has 1 heterocycles. The molecule has 1 fully saturated rings. The number of amides is 2. The Bertz CT molecular complexity index is 710. The van der Waals surface area contributed by atoms with Crippen molar-refractivity contribution >= 4 is 28.7 Å². The van der Waals surface area contributed by atoms with E-state index in [0.717, 1.165) is 16.3 Å². The van der Waals surface area contributed by atoms with Crippen molar-refractivity contribution in [1.29, 1.82) is 0 Å². The van der Waals surface area contributed by atoms with Gasteiger partial charge in [0.2, 0.25) is 11.8 Å². The Hall–Kier alpha value is -2.42. The highest BCUT2D eigenvalue weighted by Crippen LogP contribution is 2.24. The van der Waals surface area contributed by atoms with Crippen LogP contribution < -0.4 is 0 Å². The van der Waals surface area contributed by atoms with Crippen molar-refractivity contribution < 1.29 is 9.59 Å². The first-order chi connectivity index (χ1) is 9.66. The second kappa shape index (κ2) is 4.93. The summed E-state index contributed by atoms with van der Waals surface area (Å²) < 4.78 is 0. The second-order valence-electron chi connectivity index (χ2n) is 4.99. The predicted octanol–water partition coefficient (Wildman–Crippen LogP) is 3.27. The molecule has 1 saturated heterocycles. The third-order valence-electron chi connectivity index (χ3n) is 3.64. The van der Waals surface area contributed by atoms with Crippen molar-refractivity contribution in [1.82, 2.24) is 4.90 Å². The fourth-order valence-electron chi connectivity index (χ4n) is 2.62. The van der Waals surface area contributed by atoms with Gasteiger partial charge in [0.25, 0.3) is 0 Å². The summed E-state index contributed by atoms with van der Waals surface area (Å²) in [7, 11) is 0. The van der Waals surface area contributed by atoms with E-state index < -0.39 is 0 Å². The average Bonchev–Trinajstić information content (AvgIpc) is 2.76. The van der Waals surface area contributed by atoms with E-state index in [0.29, 0.717) is 12.8 Å². The van der Waals surface area contributed by atoms with Crippen LogP contribution in [0.25, 0.3) is 16.8 Å². The van der Waals surface area contributed by atoms with Crippen LogP contribution in [-0.2, 0) is 9.59 Å². The van der Waals surface area contributed by atoms with E-state index in [9.17, 15) is 9.59 Å². The van der Waals surface area contributed by atoms with Crippen LogP contribution in [0, 0.1) is 6.92 Å². The monoisotopic (exact) mass is 265 g/mol. The summed E-state index contributed by atoms with van der Waals surface area (Å²) in [5.74, 6) is -0.244. The van der Waals surface area contributed by atoms with E-state index in [-0.39, 0.29) is 11.8 Å². The van der Waals surface area contributed by atoms with Gasteiger partial charge < -0.3 is 0 Å². The maximum atomic E-state index is 11.6. The van der Waals surface area contributed by atoms with Gasteiger partial charge in [0, 0.05) is 19.0 Å². The highest BCUT2D eigenvalue weighted by atomic mass is 16.2. The SMILES string of the molecule is Cc1cccc2cccc(/C=C/N3C(=O)CCC3=O)c12. The summed E-state index contributed by atoms with van der Waals surface area (Å²) in [6.07, 6.45) is 4.07. The van der Waals surface area contributed by atoms with Gasteiger partial charge >= 0.3 is 0 Å². The quantitative estimate of drug-likeness (QED) is 0.781. The molecular formula is C17H15NO2. The van der Waals surface area contributed by atoms with Crippen LogP contribution in [0.3, 0.4) is 0 Å². The third kappa shape index (κ3) is 2.11. The predicted molar refractivity (Wildman–Crippen MR) is 78.8 cm³/mol. The van der Waals surface area contributed by atoms with Crippen LogP contribution in [0.4, 0.5) is 0 Å². The molecule has 0 N–H and O–H groups in total. The second-order valence-corrected chi connectivity index (χ2v) is 4.99. The smallest absolute Gasteiger partial charge is 0.233 e. The largest absolute Gasteiger partial charge is 0.274 e. The number of likely N-dealkylation sites (tertiary alicyclic amines) is 1. The first-order valence-corrected chi connectivity index (χ1v) is 6.68. The number of aryl methyl sites for hydroxylation is 1. The Morgan fingerprint density at radius 3 is 2.35 bits per heavy atom.